The van der Waals surface area contributed by atoms with E-state index in [-0.39, 0.29) is 0 Å². The minimum absolute atomic E-state index is 0.725. The lowest BCUT2D eigenvalue weighted by Crippen LogP contribution is -2.13. The molecule has 0 radical (unpaired) electrons. The highest BCUT2D eigenvalue weighted by atomic mass is 79.9. The van der Waals surface area contributed by atoms with E-state index in [4.69, 9.17) is 4.74 Å². The quantitative estimate of drug-likeness (QED) is 0.606. The second kappa shape index (κ2) is 2.91. The number of halogens is 1. The molecule has 1 fully saturated rings. The van der Waals surface area contributed by atoms with E-state index in [1.165, 1.54) is 22.9 Å². The van der Waals surface area contributed by atoms with Crippen LogP contribution in [0.2, 0.25) is 0 Å². The van der Waals surface area contributed by atoms with Crippen molar-refractivity contribution in [1.82, 2.24) is 0 Å². The molecule has 62 valence electrons. The van der Waals surface area contributed by atoms with Crippen LogP contribution in [0.3, 0.4) is 0 Å². The summed E-state index contributed by atoms with van der Waals surface area (Å²) in [6.07, 6.45) is 2.64. The Bertz CT molecular complexity index is 198. The minimum atomic E-state index is 0.725. The number of rotatable bonds is 0. The molecule has 11 heavy (non-hydrogen) atoms. The third-order valence-electron chi connectivity index (χ3n) is 2.76. The van der Waals surface area contributed by atoms with Crippen LogP contribution in [-0.2, 0) is 4.74 Å². The maximum absolute atomic E-state index is 5.42. The first-order chi connectivity index (χ1) is 5.29. The van der Waals surface area contributed by atoms with Gasteiger partial charge in [0.2, 0.25) is 0 Å². The lowest BCUT2D eigenvalue weighted by Gasteiger charge is -2.23. The highest BCUT2D eigenvalue weighted by Crippen LogP contribution is 2.40. The Morgan fingerprint density at radius 3 is 3.09 bits per heavy atom. The average Bonchev–Trinajstić information content (AvgIpc) is 2.45. The van der Waals surface area contributed by atoms with E-state index >= 15 is 0 Å². The maximum Gasteiger partial charge on any atom is 0.0691 e. The van der Waals surface area contributed by atoms with Crippen molar-refractivity contribution in [2.45, 2.75) is 19.8 Å². The summed E-state index contributed by atoms with van der Waals surface area (Å²) >= 11 is 3.66. The molecular formula is C9H13BrO. The smallest absolute Gasteiger partial charge is 0.0691 e. The zero-order chi connectivity index (χ0) is 7.84. The molecule has 0 bridgehead atoms. The Kier molecular flexibility index (Phi) is 2.06. The lowest BCUT2D eigenvalue weighted by atomic mass is 9.85. The van der Waals surface area contributed by atoms with E-state index in [0.29, 0.717) is 0 Å². The molecule has 2 rings (SSSR count). The first-order valence-electron chi connectivity index (χ1n) is 4.25. The number of ether oxygens (including phenoxy) is 1. The summed E-state index contributed by atoms with van der Waals surface area (Å²) in [5.41, 5.74) is 1.53. The summed E-state index contributed by atoms with van der Waals surface area (Å²) in [6, 6.07) is 0. The Balaban J connectivity index is 2.28. The van der Waals surface area contributed by atoms with Crippen LogP contribution in [-0.4, -0.2) is 13.2 Å². The molecule has 0 N–H and O–H groups in total. The van der Waals surface area contributed by atoms with E-state index < -0.39 is 0 Å². The van der Waals surface area contributed by atoms with E-state index in [2.05, 4.69) is 22.9 Å². The van der Waals surface area contributed by atoms with Crippen molar-refractivity contribution in [3.63, 3.8) is 0 Å². The van der Waals surface area contributed by atoms with Crippen molar-refractivity contribution in [3.05, 3.63) is 10.1 Å². The van der Waals surface area contributed by atoms with E-state index in [0.717, 1.165) is 25.0 Å². The first kappa shape index (κ1) is 7.81. The molecule has 2 aliphatic rings. The summed E-state index contributed by atoms with van der Waals surface area (Å²) < 4.78 is 6.84. The molecule has 1 nitrogen and oxygen atoms in total. The predicted octanol–water partition coefficient (Wildman–Crippen LogP) is 2.71. The Labute approximate surface area is 75.9 Å². The highest BCUT2D eigenvalue weighted by Gasteiger charge is 2.30. The summed E-state index contributed by atoms with van der Waals surface area (Å²) in [7, 11) is 0. The van der Waals surface area contributed by atoms with Gasteiger partial charge in [-0.05, 0) is 28.8 Å². The molecule has 1 aliphatic carbocycles. The Morgan fingerprint density at radius 1 is 1.45 bits per heavy atom. The molecule has 2 atom stereocenters. The topological polar surface area (TPSA) is 9.23 Å². The number of hydrogen-bond acceptors (Lipinski definition) is 1. The van der Waals surface area contributed by atoms with Gasteiger partial charge in [0.05, 0.1) is 13.2 Å². The molecule has 0 amide bonds. The number of hydrogen-bond donors (Lipinski definition) is 0. The van der Waals surface area contributed by atoms with Gasteiger partial charge in [-0.15, -0.1) is 0 Å². The molecule has 0 unspecified atom stereocenters. The van der Waals surface area contributed by atoms with Gasteiger partial charge in [0.25, 0.3) is 0 Å². The van der Waals surface area contributed by atoms with Crippen molar-refractivity contribution in [2.75, 3.05) is 13.2 Å². The van der Waals surface area contributed by atoms with Gasteiger partial charge < -0.3 is 4.74 Å². The van der Waals surface area contributed by atoms with Crippen LogP contribution in [0.5, 0.6) is 0 Å². The maximum atomic E-state index is 5.42. The molecule has 1 saturated heterocycles. The monoisotopic (exact) mass is 216 g/mol. The van der Waals surface area contributed by atoms with Crippen LogP contribution in [0.4, 0.5) is 0 Å². The molecule has 2 heteroatoms. The average molecular weight is 217 g/mol. The summed E-state index contributed by atoms with van der Waals surface area (Å²) in [5.74, 6) is 1.46. The van der Waals surface area contributed by atoms with Gasteiger partial charge in [-0.3, -0.25) is 0 Å². The molecule has 1 heterocycles. The normalized spacial score (nSPS) is 37.6. The van der Waals surface area contributed by atoms with Gasteiger partial charge in [-0.1, -0.05) is 22.9 Å². The van der Waals surface area contributed by atoms with Crippen LogP contribution in [0, 0.1) is 11.8 Å². The summed E-state index contributed by atoms with van der Waals surface area (Å²) in [5, 5.41) is 0. The molecule has 1 aliphatic heterocycles. The number of fused-ring (bicyclic) bond motifs is 1. The van der Waals surface area contributed by atoms with Gasteiger partial charge in [0.1, 0.15) is 0 Å². The molecule has 0 aromatic rings. The van der Waals surface area contributed by atoms with Gasteiger partial charge in [-0.25, -0.2) is 0 Å². The zero-order valence-electron chi connectivity index (χ0n) is 6.77. The minimum Gasteiger partial charge on any atom is -0.376 e. The second-order valence-corrected chi connectivity index (χ2v) is 4.42. The first-order valence-corrected chi connectivity index (χ1v) is 5.04. The lowest BCUT2D eigenvalue weighted by molar-refractivity contribution is 0.185. The van der Waals surface area contributed by atoms with E-state index in [9.17, 15) is 0 Å². The molecule has 0 aromatic heterocycles. The van der Waals surface area contributed by atoms with E-state index in [1.807, 2.05) is 0 Å². The van der Waals surface area contributed by atoms with Crippen LogP contribution in [0.1, 0.15) is 19.8 Å². The largest absolute Gasteiger partial charge is 0.376 e. The molecule has 0 aromatic carbocycles. The van der Waals surface area contributed by atoms with Crippen LogP contribution >= 0.6 is 15.9 Å². The fourth-order valence-electron chi connectivity index (χ4n) is 1.95. The third kappa shape index (κ3) is 1.27. The van der Waals surface area contributed by atoms with Crippen LogP contribution < -0.4 is 0 Å². The number of allylic oxidation sites excluding steroid dienone is 1. The Hall–Kier alpha value is 0.180. The van der Waals surface area contributed by atoms with Crippen LogP contribution in [0.25, 0.3) is 0 Å². The Morgan fingerprint density at radius 2 is 2.27 bits per heavy atom. The van der Waals surface area contributed by atoms with Crippen molar-refractivity contribution in [2.24, 2.45) is 11.8 Å². The highest BCUT2D eigenvalue weighted by molar-refractivity contribution is 9.11. The SMILES string of the molecule is C[C@H]1CC[C@H]2COCC2=C1Br. The van der Waals surface area contributed by atoms with Gasteiger partial charge in [-0.2, -0.15) is 0 Å². The van der Waals surface area contributed by atoms with Crippen molar-refractivity contribution < 1.29 is 4.74 Å². The molecule has 0 spiro atoms. The summed E-state index contributed by atoms with van der Waals surface area (Å²) in [6.45, 7) is 4.11. The molecular weight excluding hydrogens is 204 g/mol. The molecule has 0 saturated carbocycles. The van der Waals surface area contributed by atoms with Crippen molar-refractivity contribution in [1.29, 1.82) is 0 Å². The second-order valence-electron chi connectivity index (χ2n) is 3.56. The third-order valence-corrected chi connectivity index (χ3v) is 4.05. The van der Waals surface area contributed by atoms with Crippen LogP contribution in [0.15, 0.2) is 10.1 Å². The van der Waals surface area contributed by atoms with Crippen molar-refractivity contribution >= 4 is 15.9 Å². The standard InChI is InChI=1S/C9H13BrO/c1-6-2-3-7-4-11-5-8(7)9(6)10/h6-7H,2-5H2,1H3/t6-,7-/m0/s1. The van der Waals surface area contributed by atoms with Gasteiger partial charge in [0.15, 0.2) is 0 Å². The fourth-order valence-corrected chi connectivity index (χ4v) is 2.61. The van der Waals surface area contributed by atoms with Gasteiger partial charge >= 0.3 is 0 Å². The predicted molar refractivity (Wildman–Crippen MR) is 48.7 cm³/mol. The fraction of sp³-hybridized carbons (Fsp3) is 0.778. The van der Waals surface area contributed by atoms with Crippen molar-refractivity contribution in [3.8, 4) is 0 Å². The summed E-state index contributed by atoms with van der Waals surface area (Å²) in [4.78, 5) is 0. The zero-order valence-corrected chi connectivity index (χ0v) is 8.36. The van der Waals surface area contributed by atoms with E-state index in [1.54, 1.807) is 0 Å². The van der Waals surface area contributed by atoms with Gasteiger partial charge in [0, 0.05) is 5.92 Å².